The van der Waals surface area contributed by atoms with Gasteiger partial charge in [-0.2, -0.15) is 0 Å². The molecule has 0 saturated carbocycles. The molecular formula is C15H16N2O2. The largest absolute Gasteiger partial charge is 0.461 e. The fourth-order valence-corrected chi connectivity index (χ4v) is 1.83. The summed E-state index contributed by atoms with van der Waals surface area (Å²) in [5, 5.41) is 0. The first-order valence-electron chi connectivity index (χ1n) is 6.16. The molecule has 0 radical (unpaired) electrons. The maximum atomic E-state index is 11.6. The van der Waals surface area contributed by atoms with Crippen LogP contribution in [0.25, 0.3) is 0 Å². The van der Waals surface area contributed by atoms with Crippen molar-refractivity contribution in [3.63, 3.8) is 0 Å². The summed E-state index contributed by atoms with van der Waals surface area (Å²) in [6.07, 6.45) is 2.40. The Labute approximate surface area is 112 Å². The standard InChI is InChI=1S/C15H16N2O2/c1-2-19-15(18)14-13(16)9-12(10-17-14)8-11-6-4-3-5-7-11/h3-7,9-10H,2,8,16H2,1H3. The van der Waals surface area contributed by atoms with E-state index < -0.39 is 5.97 Å². The van der Waals surface area contributed by atoms with Crippen molar-refractivity contribution >= 4 is 11.7 Å². The molecule has 2 rings (SSSR count). The lowest BCUT2D eigenvalue weighted by molar-refractivity contribution is 0.0521. The average Bonchev–Trinajstić information content (AvgIpc) is 2.40. The highest BCUT2D eigenvalue weighted by Gasteiger charge is 2.12. The van der Waals surface area contributed by atoms with E-state index in [0.29, 0.717) is 12.3 Å². The van der Waals surface area contributed by atoms with Crippen molar-refractivity contribution in [2.45, 2.75) is 13.3 Å². The number of carbonyl (C=O) groups excluding carboxylic acids is 1. The van der Waals surface area contributed by atoms with E-state index in [1.165, 1.54) is 5.56 Å². The number of pyridine rings is 1. The van der Waals surface area contributed by atoms with Gasteiger partial charge in [0.2, 0.25) is 0 Å². The summed E-state index contributed by atoms with van der Waals surface area (Å²) in [7, 11) is 0. The number of hydrogen-bond acceptors (Lipinski definition) is 4. The fourth-order valence-electron chi connectivity index (χ4n) is 1.83. The molecule has 0 saturated heterocycles. The molecule has 98 valence electrons. The van der Waals surface area contributed by atoms with E-state index in [4.69, 9.17) is 10.5 Å². The van der Waals surface area contributed by atoms with Crippen molar-refractivity contribution in [1.82, 2.24) is 4.98 Å². The number of nitrogen functional groups attached to an aromatic ring is 1. The number of aromatic nitrogens is 1. The van der Waals surface area contributed by atoms with Gasteiger partial charge in [-0.15, -0.1) is 0 Å². The summed E-state index contributed by atoms with van der Waals surface area (Å²) in [6, 6.07) is 11.8. The summed E-state index contributed by atoms with van der Waals surface area (Å²) in [4.78, 5) is 15.7. The second-order valence-corrected chi connectivity index (χ2v) is 4.16. The van der Waals surface area contributed by atoms with E-state index in [1.54, 1.807) is 19.2 Å². The molecule has 2 N–H and O–H groups in total. The smallest absolute Gasteiger partial charge is 0.359 e. The zero-order valence-corrected chi connectivity index (χ0v) is 10.8. The van der Waals surface area contributed by atoms with Crippen LogP contribution in [0.15, 0.2) is 42.6 Å². The number of benzene rings is 1. The number of carbonyl (C=O) groups is 1. The van der Waals surface area contributed by atoms with Crippen molar-refractivity contribution < 1.29 is 9.53 Å². The van der Waals surface area contributed by atoms with Crippen molar-refractivity contribution in [1.29, 1.82) is 0 Å². The van der Waals surface area contributed by atoms with Crippen LogP contribution in [0.2, 0.25) is 0 Å². The summed E-state index contributed by atoms with van der Waals surface area (Å²) < 4.78 is 4.89. The summed E-state index contributed by atoms with van der Waals surface area (Å²) >= 11 is 0. The number of nitrogens with two attached hydrogens (primary N) is 1. The van der Waals surface area contributed by atoms with E-state index in [2.05, 4.69) is 4.98 Å². The van der Waals surface area contributed by atoms with Crippen molar-refractivity contribution in [3.8, 4) is 0 Å². The Kier molecular flexibility index (Phi) is 4.13. The third kappa shape index (κ3) is 3.31. The normalized spacial score (nSPS) is 10.2. The molecule has 0 atom stereocenters. The molecule has 0 aliphatic rings. The lowest BCUT2D eigenvalue weighted by Crippen LogP contribution is -2.11. The number of nitrogens with zero attached hydrogens (tertiary/aromatic N) is 1. The lowest BCUT2D eigenvalue weighted by atomic mass is 10.1. The van der Waals surface area contributed by atoms with Gasteiger partial charge in [-0.1, -0.05) is 30.3 Å². The number of hydrogen-bond donors (Lipinski definition) is 1. The zero-order chi connectivity index (χ0) is 13.7. The van der Waals surface area contributed by atoms with E-state index in [-0.39, 0.29) is 5.69 Å². The predicted molar refractivity (Wildman–Crippen MR) is 73.9 cm³/mol. The highest BCUT2D eigenvalue weighted by molar-refractivity contribution is 5.92. The Morgan fingerprint density at radius 1 is 1.26 bits per heavy atom. The van der Waals surface area contributed by atoms with Crippen LogP contribution in [-0.2, 0) is 11.2 Å². The van der Waals surface area contributed by atoms with E-state index in [9.17, 15) is 4.79 Å². The van der Waals surface area contributed by atoms with Gasteiger partial charge in [0.25, 0.3) is 0 Å². The van der Waals surface area contributed by atoms with Gasteiger partial charge >= 0.3 is 5.97 Å². The number of anilines is 1. The Morgan fingerprint density at radius 2 is 2.00 bits per heavy atom. The van der Waals surface area contributed by atoms with Crippen molar-refractivity contribution in [3.05, 3.63) is 59.4 Å². The van der Waals surface area contributed by atoms with Crippen LogP contribution in [0, 0.1) is 0 Å². The Morgan fingerprint density at radius 3 is 2.63 bits per heavy atom. The summed E-state index contributed by atoms with van der Waals surface area (Å²) in [6.45, 7) is 2.06. The third-order valence-corrected chi connectivity index (χ3v) is 2.69. The SMILES string of the molecule is CCOC(=O)c1ncc(Cc2ccccc2)cc1N. The second kappa shape index (κ2) is 6.00. The molecule has 4 nitrogen and oxygen atoms in total. The van der Waals surface area contributed by atoms with Gasteiger partial charge in [0, 0.05) is 6.20 Å². The van der Waals surface area contributed by atoms with Gasteiger partial charge < -0.3 is 10.5 Å². The Bertz CT molecular complexity index is 568. The topological polar surface area (TPSA) is 65.2 Å². The van der Waals surface area contributed by atoms with E-state index >= 15 is 0 Å². The number of esters is 1. The maximum Gasteiger partial charge on any atom is 0.359 e. The monoisotopic (exact) mass is 256 g/mol. The van der Waals surface area contributed by atoms with Crippen LogP contribution in [0.3, 0.4) is 0 Å². The summed E-state index contributed by atoms with van der Waals surface area (Å²) in [5.41, 5.74) is 8.52. The van der Waals surface area contributed by atoms with Crippen LogP contribution in [0.1, 0.15) is 28.5 Å². The van der Waals surface area contributed by atoms with Gasteiger partial charge in [0.15, 0.2) is 5.69 Å². The first-order valence-corrected chi connectivity index (χ1v) is 6.16. The minimum atomic E-state index is -0.480. The Balaban J connectivity index is 2.17. The molecule has 1 aromatic carbocycles. The molecular weight excluding hydrogens is 240 g/mol. The van der Waals surface area contributed by atoms with E-state index in [0.717, 1.165) is 12.0 Å². The molecule has 0 spiro atoms. The average molecular weight is 256 g/mol. The molecule has 0 amide bonds. The fraction of sp³-hybridized carbons (Fsp3) is 0.200. The maximum absolute atomic E-state index is 11.6. The molecule has 1 aromatic heterocycles. The number of ether oxygens (including phenoxy) is 1. The van der Waals surface area contributed by atoms with Crippen LogP contribution < -0.4 is 5.73 Å². The first kappa shape index (κ1) is 13.1. The van der Waals surface area contributed by atoms with E-state index in [1.807, 2.05) is 30.3 Å². The molecule has 1 heterocycles. The minimum absolute atomic E-state index is 0.179. The number of rotatable bonds is 4. The van der Waals surface area contributed by atoms with Gasteiger partial charge in [0.1, 0.15) is 0 Å². The highest BCUT2D eigenvalue weighted by atomic mass is 16.5. The van der Waals surface area contributed by atoms with Gasteiger partial charge in [-0.3, -0.25) is 0 Å². The van der Waals surface area contributed by atoms with Crippen molar-refractivity contribution in [2.75, 3.05) is 12.3 Å². The molecule has 2 aromatic rings. The molecule has 0 unspecified atom stereocenters. The third-order valence-electron chi connectivity index (χ3n) is 2.69. The molecule has 0 aliphatic carbocycles. The molecule has 0 aliphatic heterocycles. The second-order valence-electron chi connectivity index (χ2n) is 4.16. The predicted octanol–water partition coefficient (Wildman–Crippen LogP) is 2.43. The van der Waals surface area contributed by atoms with Crippen LogP contribution in [0.4, 0.5) is 5.69 Å². The van der Waals surface area contributed by atoms with Crippen LogP contribution in [-0.4, -0.2) is 17.6 Å². The first-order chi connectivity index (χ1) is 9.20. The molecule has 0 bridgehead atoms. The molecule has 4 heteroatoms. The summed E-state index contributed by atoms with van der Waals surface area (Å²) in [5.74, 6) is -0.480. The van der Waals surface area contributed by atoms with Crippen LogP contribution in [0.5, 0.6) is 0 Å². The highest BCUT2D eigenvalue weighted by Crippen LogP contribution is 2.15. The van der Waals surface area contributed by atoms with Gasteiger partial charge in [-0.05, 0) is 30.5 Å². The lowest BCUT2D eigenvalue weighted by Gasteiger charge is -2.07. The van der Waals surface area contributed by atoms with Crippen molar-refractivity contribution in [2.24, 2.45) is 0 Å². The van der Waals surface area contributed by atoms with Gasteiger partial charge in [0.05, 0.1) is 12.3 Å². The van der Waals surface area contributed by atoms with Crippen LogP contribution >= 0.6 is 0 Å². The Hall–Kier alpha value is -2.36. The quantitative estimate of drug-likeness (QED) is 0.853. The molecule has 19 heavy (non-hydrogen) atoms. The van der Waals surface area contributed by atoms with Gasteiger partial charge in [-0.25, -0.2) is 9.78 Å². The molecule has 0 fully saturated rings. The minimum Gasteiger partial charge on any atom is -0.461 e. The zero-order valence-electron chi connectivity index (χ0n) is 10.8.